The van der Waals surface area contributed by atoms with E-state index in [0.717, 1.165) is 17.7 Å². The van der Waals surface area contributed by atoms with Crippen molar-refractivity contribution in [2.24, 2.45) is 0 Å². The smallest absolute Gasteiger partial charge is 0.0268 e. The summed E-state index contributed by atoms with van der Waals surface area (Å²) in [5.41, 5.74) is 6.76. The minimum Gasteiger partial charge on any atom is -0.0839 e. The number of rotatable bonds is 1. The molecule has 17 heavy (non-hydrogen) atoms. The average molecular weight is 238 g/mol. The van der Waals surface area contributed by atoms with Gasteiger partial charge in [-0.25, -0.2) is 0 Å². The molecular weight excluding hydrogens is 224 g/mol. The van der Waals surface area contributed by atoms with Crippen molar-refractivity contribution in [1.29, 1.82) is 0 Å². The topological polar surface area (TPSA) is 0 Å². The number of hydrogen-bond acceptors (Lipinski definition) is 1. The molecule has 0 saturated heterocycles. The molecular formula is C16H14S. The van der Waals surface area contributed by atoms with Gasteiger partial charge in [0.2, 0.25) is 0 Å². The molecule has 0 bridgehead atoms. The molecule has 2 aliphatic carbocycles. The van der Waals surface area contributed by atoms with Crippen LogP contribution in [0.4, 0.5) is 0 Å². The average Bonchev–Trinajstić information content (AvgIpc) is 2.70. The molecule has 0 heterocycles. The summed E-state index contributed by atoms with van der Waals surface area (Å²) in [6.07, 6.45) is 10.6. The van der Waals surface area contributed by atoms with E-state index < -0.39 is 0 Å². The van der Waals surface area contributed by atoms with Crippen molar-refractivity contribution < 1.29 is 0 Å². The quantitative estimate of drug-likeness (QED) is 0.655. The first-order chi connectivity index (χ1) is 8.25. The molecule has 0 aromatic heterocycles. The van der Waals surface area contributed by atoms with Gasteiger partial charge < -0.3 is 0 Å². The van der Waals surface area contributed by atoms with Crippen molar-refractivity contribution in [2.45, 2.75) is 19.8 Å². The second-order valence-electron chi connectivity index (χ2n) is 4.68. The Hall–Kier alpha value is -1.47. The first-order valence-corrected chi connectivity index (χ1v) is 6.36. The molecule has 0 N–H and O–H groups in total. The standard InChI is InChI=1S/C16H14S/c1-11-9-12-5-4-7-13(15(12)10-11)14-6-2-3-8-16(14)17/h2-7,10H,8-9H2,1H3. The number of hydrogen-bond donors (Lipinski definition) is 0. The van der Waals surface area contributed by atoms with E-state index in [1.54, 1.807) is 0 Å². The third kappa shape index (κ3) is 1.81. The second kappa shape index (κ2) is 4.08. The summed E-state index contributed by atoms with van der Waals surface area (Å²) in [6, 6.07) is 6.54. The van der Waals surface area contributed by atoms with E-state index >= 15 is 0 Å². The monoisotopic (exact) mass is 238 g/mol. The van der Waals surface area contributed by atoms with Gasteiger partial charge in [-0.15, -0.1) is 0 Å². The Kier molecular flexibility index (Phi) is 2.56. The molecule has 0 aliphatic heterocycles. The molecule has 0 nitrogen and oxygen atoms in total. The highest BCUT2D eigenvalue weighted by Crippen LogP contribution is 2.33. The van der Waals surface area contributed by atoms with Crippen molar-refractivity contribution in [3.8, 4) is 0 Å². The van der Waals surface area contributed by atoms with Crippen molar-refractivity contribution in [3.63, 3.8) is 0 Å². The normalized spacial score (nSPS) is 17.8. The molecule has 84 valence electrons. The molecule has 3 rings (SSSR count). The van der Waals surface area contributed by atoms with Crippen LogP contribution in [0.1, 0.15) is 30.0 Å². The molecule has 0 spiro atoms. The van der Waals surface area contributed by atoms with Crippen LogP contribution in [0.3, 0.4) is 0 Å². The lowest BCUT2D eigenvalue weighted by Gasteiger charge is -2.14. The molecule has 1 heteroatoms. The van der Waals surface area contributed by atoms with Crippen LogP contribution in [-0.2, 0) is 6.42 Å². The van der Waals surface area contributed by atoms with Gasteiger partial charge in [-0.2, -0.15) is 0 Å². The van der Waals surface area contributed by atoms with Gasteiger partial charge in [-0.05, 0) is 35.6 Å². The van der Waals surface area contributed by atoms with E-state index in [2.05, 4.69) is 49.4 Å². The van der Waals surface area contributed by atoms with E-state index in [-0.39, 0.29) is 0 Å². The number of thiocarbonyl (C=S) groups is 1. The largest absolute Gasteiger partial charge is 0.0839 e. The predicted molar refractivity (Wildman–Crippen MR) is 78.1 cm³/mol. The highest BCUT2D eigenvalue weighted by molar-refractivity contribution is 7.81. The first kappa shape index (κ1) is 10.7. The van der Waals surface area contributed by atoms with E-state index in [1.165, 1.54) is 27.8 Å². The van der Waals surface area contributed by atoms with Crippen LogP contribution in [0.25, 0.3) is 11.6 Å². The van der Waals surface area contributed by atoms with E-state index in [4.69, 9.17) is 12.2 Å². The van der Waals surface area contributed by atoms with Crippen molar-refractivity contribution in [2.75, 3.05) is 0 Å². The van der Waals surface area contributed by atoms with Crippen molar-refractivity contribution in [3.05, 3.63) is 58.7 Å². The van der Waals surface area contributed by atoms with Gasteiger partial charge >= 0.3 is 0 Å². The van der Waals surface area contributed by atoms with Gasteiger partial charge in [0.15, 0.2) is 0 Å². The Morgan fingerprint density at radius 3 is 2.94 bits per heavy atom. The minimum atomic E-state index is 0.896. The Bertz CT molecular complexity index is 586. The summed E-state index contributed by atoms with van der Waals surface area (Å²) in [6.45, 7) is 2.19. The molecule has 1 aromatic rings. The van der Waals surface area contributed by atoms with Crippen LogP contribution in [0.2, 0.25) is 0 Å². The molecule has 2 aliphatic rings. The van der Waals surface area contributed by atoms with Crippen LogP contribution in [0, 0.1) is 0 Å². The van der Waals surface area contributed by atoms with Gasteiger partial charge in [0.25, 0.3) is 0 Å². The summed E-state index contributed by atoms with van der Waals surface area (Å²) in [7, 11) is 0. The second-order valence-corrected chi connectivity index (χ2v) is 5.17. The van der Waals surface area contributed by atoms with E-state index in [9.17, 15) is 0 Å². The van der Waals surface area contributed by atoms with Gasteiger partial charge in [-0.3, -0.25) is 0 Å². The molecule has 0 saturated carbocycles. The fourth-order valence-corrected chi connectivity index (χ4v) is 2.83. The fourth-order valence-electron chi connectivity index (χ4n) is 2.55. The van der Waals surface area contributed by atoms with E-state index in [1.807, 2.05) is 0 Å². The predicted octanol–water partition coefficient (Wildman–Crippen LogP) is 4.36. The highest BCUT2D eigenvalue weighted by atomic mass is 32.1. The molecule has 0 amide bonds. The third-order valence-electron chi connectivity index (χ3n) is 3.35. The van der Waals surface area contributed by atoms with Gasteiger partial charge in [0.1, 0.15) is 0 Å². The van der Waals surface area contributed by atoms with Crippen molar-refractivity contribution in [1.82, 2.24) is 0 Å². The molecule has 0 atom stereocenters. The van der Waals surface area contributed by atoms with Gasteiger partial charge in [0, 0.05) is 11.3 Å². The number of fused-ring (bicyclic) bond motifs is 1. The minimum absolute atomic E-state index is 0.896. The number of benzene rings is 1. The zero-order valence-electron chi connectivity index (χ0n) is 9.86. The molecule has 0 unspecified atom stereocenters. The lowest BCUT2D eigenvalue weighted by atomic mass is 9.92. The van der Waals surface area contributed by atoms with Crippen LogP contribution < -0.4 is 0 Å². The molecule has 1 aromatic carbocycles. The Balaban J connectivity index is 2.17. The van der Waals surface area contributed by atoms with Gasteiger partial charge in [-0.1, -0.05) is 60.3 Å². The maximum atomic E-state index is 5.47. The summed E-state index contributed by atoms with van der Waals surface area (Å²) in [5.74, 6) is 0. The summed E-state index contributed by atoms with van der Waals surface area (Å²) >= 11 is 5.47. The van der Waals surface area contributed by atoms with Crippen LogP contribution in [-0.4, -0.2) is 4.86 Å². The lowest BCUT2D eigenvalue weighted by Crippen LogP contribution is -2.02. The summed E-state index contributed by atoms with van der Waals surface area (Å²) in [4.78, 5) is 1.05. The zero-order valence-corrected chi connectivity index (χ0v) is 10.7. The van der Waals surface area contributed by atoms with E-state index in [0.29, 0.717) is 0 Å². The third-order valence-corrected chi connectivity index (χ3v) is 3.74. The van der Waals surface area contributed by atoms with Crippen LogP contribution in [0.15, 0.2) is 42.0 Å². The Labute approximate surface area is 107 Å². The maximum absolute atomic E-state index is 5.47. The first-order valence-electron chi connectivity index (χ1n) is 5.95. The van der Waals surface area contributed by atoms with Crippen molar-refractivity contribution >= 4 is 28.7 Å². The molecule has 0 radical (unpaired) electrons. The fraction of sp³-hybridized carbons (Fsp3) is 0.188. The SMILES string of the molecule is CC1=Cc2c(cccc2C2=CC=CCC2=S)C1. The maximum Gasteiger partial charge on any atom is 0.0268 e. The Morgan fingerprint density at radius 2 is 2.12 bits per heavy atom. The number of allylic oxidation sites excluding steroid dienone is 5. The van der Waals surface area contributed by atoms with Crippen LogP contribution in [0.5, 0.6) is 0 Å². The zero-order chi connectivity index (χ0) is 11.8. The van der Waals surface area contributed by atoms with Crippen LogP contribution >= 0.6 is 12.2 Å². The summed E-state index contributed by atoms with van der Waals surface area (Å²) in [5, 5.41) is 0. The van der Waals surface area contributed by atoms with Gasteiger partial charge in [0.05, 0.1) is 0 Å². The summed E-state index contributed by atoms with van der Waals surface area (Å²) < 4.78 is 0. The Morgan fingerprint density at radius 1 is 1.24 bits per heavy atom. The highest BCUT2D eigenvalue weighted by Gasteiger charge is 2.17. The lowest BCUT2D eigenvalue weighted by molar-refractivity contribution is 1.19. The molecule has 0 fully saturated rings.